The minimum Gasteiger partial charge on any atom is -0.478 e. The van der Waals surface area contributed by atoms with Crippen LogP contribution >= 0.6 is 0 Å². The van der Waals surface area contributed by atoms with E-state index in [2.05, 4.69) is 0 Å². The Kier molecular flexibility index (Phi) is 7.92. The summed E-state index contributed by atoms with van der Waals surface area (Å²) in [6.45, 7) is 0. The van der Waals surface area contributed by atoms with Gasteiger partial charge in [-0.2, -0.15) is 0 Å². The number of benzene rings is 1. The second-order valence-electron chi connectivity index (χ2n) is 6.81. The van der Waals surface area contributed by atoms with Gasteiger partial charge in [-0.1, -0.05) is 50.7 Å². The first-order chi connectivity index (χ1) is 12.1. The summed E-state index contributed by atoms with van der Waals surface area (Å²) in [7, 11) is 0. The lowest BCUT2D eigenvalue weighted by atomic mass is 9.95. The molecule has 2 saturated carbocycles. The Labute approximate surface area is 149 Å². The summed E-state index contributed by atoms with van der Waals surface area (Å²) in [5.74, 6) is -2.46. The average Bonchev–Trinajstić information content (AvgIpc) is 2.64. The minimum absolute atomic E-state index is 0.190. The third-order valence-corrected chi connectivity index (χ3v) is 4.88. The molecule has 0 amide bonds. The fourth-order valence-electron chi connectivity index (χ4n) is 3.53. The standard InChI is InChI=1S/C12H22O.C8H6O4/c1-3-7-11(8-4-1)13-12-9-5-2-6-10-12;9-7(10)5-3-1-2-4-6(5)8(11)12/h11-12H,1-10H2;1-4H,(H,9,10)(H,11,12). The van der Waals surface area contributed by atoms with Crippen molar-refractivity contribution in [3.05, 3.63) is 35.4 Å². The van der Waals surface area contributed by atoms with Crippen LogP contribution < -0.4 is 0 Å². The lowest BCUT2D eigenvalue weighted by Gasteiger charge is -2.29. The van der Waals surface area contributed by atoms with Gasteiger partial charge in [-0.25, -0.2) is 9.59 Å². The molecule has 5 nitrogen and oxygen atoms in total. The van der Waals surface area contributed by atoms with Crippen LogP contribution in [0.3, 0.4) is 0 Å². The molecule has 0 unspecified atom stereocenters. The van der Waals surface area contributed by atoms with E-state index in [1.807, 2.05) is 0 Å². The highest BCUT2D eigenvalue weighted by atomic mass is 16.5. The van der Waals surface area contributed by atoms with Gasteiger partial charge in [-0.15, -0.1) is 0 Å². The summed E-state index contributed by atoms with van der Waals surface area (Å²) < 4.78 is 6.13. The Morgan fingerprint density at radius 1 is 0.720 bits per heavy atom. The topological polar surface area (TPSA) is 83.8 Å². The highest BCUT2D eigenvalue weighted by Crippen LogP contribution is 2.26. The van der Waals surface area contributed by atoms with Crippen molar-refractivity contribution in [2.75, 3.05) is 0 Å². The van der Waals surface area contributed by atoms with E-state index in [0.717, 1.165) is 0 Å². The molecule has 0 atom stereocenters. The molecule has 0 spiro atoms. The molecule has 0 heterocycles. The van der Waals surface area contributed by atoms with Crippen molar-refractivity contribution in [1.29, 1.82) is 0 Å². The van der Waals surface area contributed by atoms with Gasteiger partial charge < -0.3 is 14.9 Å². The number of carboxylic acid groups (broad SMARTS) is 2. The highest BCUT2D eigenvalue weighted by molar-refractivity contribution is 6.01. The number of carbonyl (C=O) groups is 2. The molecular weight excluding hydrogens is 320 g/mol. The fourth-order valence-corrected chi connectivity index (χ4v) is 3.53. The zero-order valence-corrected chi connectivity index (χ0v) is 14.7. The molecule has 2 aliphatic rings. The maximum Gasteiger partial charge on any atom is 0.336 e. The summed E-state index contributed by atoms with van der Waals surface area (Å²) in [6, 6.07) is 5.48. The van der Waals surface area contributed by atoms with Crippen molar-refractivity contribution < 1.29 is 24.5 Å². The molecular formula is C20H28O5. The Morgan fingerprint density at radius 2 is 1.08 bits per heavy atom. The van der Waals surface area contributed by atoms with Crippen LogP contribution in [0.4, 0.5) is 0 Å². The summed E-state index contributed by atoms with van der Waals surface area (Å²) in [6.07, 6.45) is 15.0. The van der Waals surface area contributed by atoms with Crippen LogP contribution in [0.15, 0.2) is 24.3 Å². The fraction of sp³-hybridized carbons (Fsp3) is 0.600. The van der Waals surface area contributed by atoms with E-state index in [1.165, 1.54) is 88.5 Å². The zero-order valence-electron chi connectivity index (χ0n) is 14.7. The molecule has 0 saturated heterocycles. The van der Waals surface area contributed by atoms with Crippen LogP contribution in [0, 0.1) is 0 Å². The number of ether oxygens (including phenoxy) is 1. The number of hydrogen-bond donors (Lipinski definition) is 2. The molecule has 0 bridgehead atoms. The van der Waals surface area contributed by atoms with E-state index >= 15 is 0 Å². The third-order valence-electron chi connectivity index (χ3n) is 4.88. The second-order valence-corrected chi connectivity index (χ2v) is 6.81. The SMILES string of the molecule is C1CCC(OC2CCCCC2)CC1.O=C(O)c1ccccc1C(=O)O. The second kappa shape index (κ2) is 10.2. The van der Waals surface area contributed by atoms with Gasteiger partial charge in [0.15, 0.2) is 0 Å². The Hall–Kier alpha value is -1.88. The quantitative estimate of drug-likeness (QED) is 0.820. The van der Waals surface area contributed by atoms with Gasteiger partial charge >= 0.3 is 11.9 Å². The Balaban J connectivity index is 0.000000181. The predicted molar refractivity (Wildman–Crippen MR) is 95.2 cm³/mol. The number of aromatic carboxylic acids is 2. The van der Waals surface area contributed by atoms with Gasteiger partial charge in [0.2, 0.25) is 0 Å². The van der Waals surface area contributed by atoms with Gasteiger partial charge in [0, 0.05) is 0 Å². The van der Waals surface area contributed by atoms with Crippen LogP contribution in [-0.2, 0) is 4.74 Å². The number of rotatable bonds is 4. The molecule has 2 aliphatic carbocycles. The molecule has 2 fully saturated rings. The third kappa shape index (κ3) is 6.50. The average molecular weight is 348 g/mol. The molecule has 25 heavy (non-hydrogen) atoms. The summed E-state index contributed by atoms with van der Waals surface area (Å²) in [4.78, 5) is 20.9. The molecule has 1 aromatic rings. The minimum atomic E-state index is -1.23. The van der Waals surface area contributed by atoms with Crippen LogP contribution in [0.5, 0.6) is 0 Å². The summed E-state index contributed by atoms with van der Waals surface area (Å²) in [5.41, 5.74) is -0.380. The highest BCUT2D eigenvalue weighted by Gasteiger charge is 2.20. The van der Waals surface area contributed by atoms with Crippen molar-refractivity contribution in [3.8, 4) is 0 Å². The lowest BCUT2D eigenvalue weighted by molar-refractivity contribution is -0.0450. The molecule has 0 aromatic heterocycles. The molecule has 0 aliphatic heterocycles. The van der Waals surface area contributed by atoms with Gasteiger partial charge in [-0.3, -0.25) is 0 Å². The van der Waals surface area contributed by atoms with Crippen LogP contribution in [-0.4, -0.2) is 34.4 Å². The van der Waals surface area contributed by atoms with E-state index in [9.17, 15) is 9.59 Å². The van der Waals surface area contributed by atoms with E-state index in [4.69, 9.17) is 14.9 Å². The number of carboxylic acids is 2. The molecule has 138 valence electrons. The maximum atomic E-state index is 10.5. The van der Waals surface area contributed by atoms with Gasteiger partial charge in [-0.05, 0) is 37.8 Å². The predicted octanol–water partition coefficient (Wildman–Crippen LogP) is 4.75. The Bertz CT molecular complexity index is 508. The first kappa shape index (κ1) is 19.4. The van der Waals surface area contributed by atoms with Crippen molar-refractivity contribution in [2.24, 2.45) is 0 Å². The van der Waals surface area contributed by atoms with Crippen molar-refractivity contribution in [1.82, 2.24) is 0 Å². The maximum absolute atomic E-state index is 10.5. The molecule has 2 N–H and O–H groups in total. The van der Waals surface area contributed by atoms with E-state index < -0.39 is 11.9 Å². The van der Waals surface area contributed by atoms with Gasteiger partial charge in [0.1, 0.15) is 0 Å². The lowest BCUT2D eigenvalue weighted by Crippen LogP contribution is -2.25. The van der Waals surface area contributed by atoms with E-state index in [0.29, 0.717) is 12.2 Å². The number of hydrogen-bond acceptors (Lipinski definition) is 3. The van der Waals surface area contributed by atoms with Gasteiger partial charge in [0.25, 0.3) is 0 Å². The molecule has 5 heteroatoms. The van der Waals surface area contributed by atoms with Crippen LogP contribution in [0.25, 0.3) is 0 Å². The summed E-state index contributed by atoms with van der Waals surface area (Å²) >= 11 is 0. The first-order valence-electron chi connectivity index (χ1n) is 9.29. The van der Waals surface area contributed by atoms with Crippen molar-refractivity contribution in [2.45, 2.75) is 76.4 Å². The van der Waals surface area contributed by atoms with Crippen molar-refractivity contribution in [3.63, 3.8) is 0 Å². The summed E-state index contributed by atoms with van der Waals surface area (Å²) in [5, 5.41) is 17.1. The Morgan fingerprint density at radius 3 is 1.40 bits per heavy atom. The van der Waals surface area contributed by atoms with E-state index in [-0.39, 0.29) is 11.1 Å². The van der Waals surface area contributed by atoms with Gasteiger partial charge in [0.05, 0.1) is 23.3 Å². The smallest absolute Gasteiger partial charge is 0.336 e. The van der Waals surface area contributed by atoms with Crippen LogP contribution in [0.1, 0.15) is 84.9 Å². The molecule has 1 aromatic carbocycles. The van der Waals surface area contributed by atoms with Crippen LogP contribution in [0.2, 0.25) is 0 Å². The molecule has 3 rings (SSSR count). The first-order valence-corrected chi connectivity index (χ1v) is 9.29. The molecule has 0 radical (unpaired) electrons. The zero-order chi connectivity index (χ0) is 18.1. The van der Waals surface area contributed by atoms with E-state index in [1.54, 1.807) is 0 Å². The normalized spacial score (nSPS) is 18.9. The monoisotopic (exact) mass is 348 g/mol. The largest absolute Gasteiger partial charge is 0.478 e. The van der Waals surface area contributed by atoms with Crippen molar-refractivity contribution >= 4 is 11.9 Å².